The Hall–Kier alpha value is -2.80. The van der Waals surface area contributed by atoms with Crippen molar-refractivity contribution in [2.24, 2.45) is 5.92 Å². The van der Waals surface area contributed by atoms with Crippen LogP contribution in [0.4, 0.5) is 4.39 Å². The Morgan fingerprint density at radius 1 is 1.31 bits per heavy atom. The summed E-state index contributed by atoms with van der Waals surface area (Å²) in [6.45, 7) is 6.28. The molecule has 2 heterocycles. The molecule has 1 saturated carbocycles. The summed E-state index contributed by atoms with van der Waals surface area (Å²) >= 11 is 0. The maximum absolute atomic E-state index is 13.2. The van der Waals surface area contributed by atoms with E-state index in [0.29, 0.717) is 35.3 Å². The van der Waals surface area contributed by atoms with Gasteiger partial charge in [-0.05, 0) is 74.1 Å². The molecule has 2 fully saturated rings. The van der Waals surface area contributed by atoms with Crippen LogP contribution in [0, 0.1) is 17.1 Å². The van der Waals surface area contributed by atoms with Gasteiger partial charge in [-0.2, -0.15) is 0 Å². The summed E-state index contributed by atoms with van der Waals surface area (Å²) in [4.78, 5) is 22.6. The zero-order chi connectivity index (χ0) is 20.6. The lowest BCUT2D eigenvalue weighted by Crippen LogP contribution is -2.59. The van der Waals surface area contributed by atoms with Crippen LogP contribution >= 0.6 is 0 Å². The van der Waals surface area contributed by atoms with E-state index in [9.17, 15) is 9.18 Å². The monoisotopic (exact) mass is 395 g/mol. The number of hydrogen-bond acceptors (Lipinski definition) is 4. The molecule has 1 saturated heterocycles. The number of amides is 1. The van der Waals surface area contributed by atoms with Crippen molar-refractivity contribution in [1.29, 1.82) is 5.41 Å². The average Bonchev–Trinajstić information content (AvgIpc) is 3.41. The van der Waals surface area contributed by atoms with Crippen molar-refractivity contribution in [3.05, 3.63) is 59.4 Å². The van der Waals surface area contributed by atoms with Gasteiger partial charge in [0.15, 0.2) is 0 Å². The summed E-state index contributed by atoms with van der Waals surface area (Å²) in [6.07, 6.45) is 5.45. The fraction of sp³-hybridized carbons (Fsp3) is 0.409. The predicted octanol–water partition coefficient (Wildman–Crippen LogP) is 3.23. The SMILES string of the molecule is CC1(C)CNCCN1C(=O)c1cnc(/C(=C\C(=N)c2ccc(F)cc2)C2CC2)[nH]1. The second-order valence-corrected chi connectivity index (χ2v) is 8.39. The average molecular weight is 395 g/mol. The summed E-state index contributed by atoms with van der Waals surface area (Å²) < 4.78 is 13.2. The number of hydrogen-bond donors (Lipinski definition) is 3. The van der Waals surface area contributed by atoms with Crippen LogP contribution in [0.5, 0.6) is 0 Å². The van der Waals surface area contributed by atoms with Gasteiger partial charge in [0.05, 0.1) is 17.4 Å². The molecule has 0 atom stereocenters. The molecule has 0 bridgehead atoms. The highest BCUT2D eigenvalue weighted by Crippen LogP contribution is 2.41. The minimum absolute atomic E-state index is 0.0565. The first-order valence-corrected chi connectivity index (χ1v) is 9.99. The molecule has 6 nitrogen and oxygen atoms in total. The van der Waals surface area contributed by atoms with E-state index in [0.717, 1.165) is 31.5 Å². The van der Waals surface area contributed by atoms with Gasteiger partial charge in [0.25, 0.3) is 5.91 Å². The smallest absolute Gasteiger partial charge is 0.272 e. The van der Waals surface area contributed by atoms with Crippen LogP contribution in [0.25, 0.3) is 5.57 Å². The van der Waals surface area contributed by atoms with Crippen molar-refractivity contribution in [2.45, 2.75) is 32.2 Å². The zero-order valence-electron chi connectivity index (χ0n) is 16.8. The van der Waals surface area contributed by atoms with Gasteiger partial charge >= 0.3 is 0 Å². The molecule has 2 aliphatic rings. The van der Waals surface area contributed by atoms with Gasteiger partial charge in [0.2, 0.25) is 0 Å². The fourth-order valence-corrected chi connectivity index (χ4v) is 3.72. The number of nitrogens with zero attached hydrogens (tertiary/aromatic N) is 2. The first-order valence-electron chi connectivity index (χ1n) is 9.99. The highest BCUT2D eigenvalue weighted by molar-refractivity contribution is 6.10. The van der Waals surface area contributed by atoms with Gasteiger partial charge < -0.3 is 20.6 Å². The number of nitrogens with one attached hydrogen (secondary N) is 3. The normalized spacial score (nSPS) is 19.3. The highest BCUT2D eigenvalue weighted by Gasteiger charge is 2.35. The number of halogens is 1. The molecule has 1 aliphatic heterocycles. The largest absolute Gasteiger partial charge is 0.334 e. The van der Waals surface area contributed by atoms with Crippen LogP contribution in [0.1, 0.15) is 48.6 Å². The number of aromatic amines is 1. The Kier molecular flexibility index (Phi) is 5.08. The molecule has 0 spiro atoms. The third-order valence-electron chi connectivity index (χ3n) is 5.60. The van der Waals surface area contributed by atoms with Crippen molar-refractivity contribution < 1.29 is 9.18 Å². The molecule has 0 unspecified atom stereocenters. The van der Waals surface area contributed by atoms with Gasteiger partial charge in [0.1, 0.15) is 17.3 Å². The van der Waals surface area contributed by atoms with E-state index in [1.54, 1.807) is 24.4 Å². The number of aromatic nitrogens is 2. The molecule has 3 N–H and O–H groups in total. The minimum atomic E-state index is -0.321. The van der Waals surface area contributed by atoms with E-state index < -0.39 is 0 Å². The molecule has 1 amide bonds. The third-order valence-corrected chi connectivity index (χ3v) is 5.60. The number of benzene rings is 1. The number of piperazine rings is 1. The second kappa shape index (κ2) is 7.55. The number of carbonyl (C=O) groups excluding carboxylic acids is 1. The van der Waals surface area contributed by atoms with Crippen LogP contribution in [0.15, 0.2) is 36.5 Å². The predicted molar refractivity (Wildman–Crippen MR) is 111 cm³/mol. The number of allylic oxidation sites excluding steroid dienone is 2. The summed E-state index contributed by atoms with van der Waals surface area (Å²) in [5, 5.41) is 11.7. The molecule has 152 valence electrons. The van der Waals surface area contributed by atoms with Crippen molar-refractivity contribution in [3.8, 4) is 0 Å². The van der Waals surface area contributed by atoms with Gasteiger partial charge in [-0.1, -0.05) is 0 Å². The molecule has 29 heavy (non-hydrogen) atoms. The lowest BCUT2D eigenvalue weighted by Gasteiger charge is -2.42. The van der Waals surface area contributed by atoms with Crippen molar-refractivity contribution in [3.63, 3.8) is 0 Å². The van der Waals surface area contributed by atoms with E-state index in [4.69, 9.17) is 5.41 Å². The lowest BCUT2D eigenvalue weighted by molar-refractivity contribution is 0.0472. The summed E-state index contributed by atoms with van der Waals surface area (Å²) in [5.74, 6) is 0.591. The molecule has 0 radical (unpaired) electrons. The van der Waals surface area contributed by atoms with Crippen LogP contribution in [-0.4, -0.2) is 51.7 Å². The summed E-state index contributed by atoms with van der Waals surface area (Å²) in [6, 6.07) is 5.91. The molecule has 1 aromatic carbocycles. The molecule has 2 aromatic rings. The topological polar surface area (TPSA) is 84.9 Å². The fourth-order valence-electron chi connectivity index (χ4n) is 3.72. The molecular formula is C22H26FN5O. The van der Waals surface area contributed by atoms with Gasteiger partial charge in [-0.25, -0.2) is 9.37 Å². The molecule has 1 aromatic heterocycles. The summed E-state index contributed by atoms with van der Waals surface area (Å²) in [7, 11) is 0. The maximum Gasteiger partial charge on any atom is 0.272 e. The van der Waals surface area contributed by atoms with E-state index in [1.807, 2.05) is 18.7 Å². The van der Waals surface area contributed by atoms with Gasteiger partial charge in [-0.3, -0.25) is 4.79 Å². The van der Waals surface area contributed by atoms with Gasteiger partial charge in [0, 0.05) is 19.6 Å². The van der Waals surface area contributed by atoms with E-state index in [2.05, 4.69) is 15.3 Å². The third kappa shape index (κ3) is 4.15. The van der Waals surface area contributed by atoms with Crippen LogP contribution in [-0.2, 0) is 0 Å². The molecule has 7 heteroatoms. The quantitative estimate of drug-likeness (QED) is 0.680. The minimum Gasteiger partial charge on any atom is -0.334 e. The Labute approximate surface area is 169 Å². The second-order valence-electron chi connectivity index (χ2n) is 8.39. The zero-order valence-corrected chi connectivity index (χ0v) is 16.8. The molecule has 4 rings (SSSR count). The highest BCUT2D eigenvalue weighted by atomic mass is 19.1. The van der Waals surface area contributed by atoms with E-state index in [-0.39, 0.29) is 17.3 Å². The molecular weight excluding hydrogens is 369 g/mol. The molecule has 1 aliphatic carbocycles. The van der Waals surface area contributed by atoms with Crippen LogP contribution in [0.2, 0.25) is 0 Å². The number of carbonyl (C=O) groups is 1. The Morgan fingerprint density at radius 2 is 2.03 bits per heavy atom. The van der Waals surface area contributed by atoms with E-state index >= 15 is 0 Å². The van der Waals surface area contributed by atoms with Crippen molar-refractivity contribution in [1.82, 2.24) is 20.2 Å². The first-order chi connectivity index (χ1) is 13.8. The Balaban J connectivity index is 1.58. The van der Waals surface area contributed by atoms with Crippen LogP contribution in [0.3, 0.4) is 0 Å². The first kappa shape index (κ1) is 19.5. The van der Waals surface area contributed by atoms with Crippen LogP contribution < -0.4 is 5.32 Å². The van der Waals surface area contributed by atoms with Crippen molar-refractivity contribution in [2.75, 3.05) is 19.6 Å². The lowest BCUT2D eigenvalue weighted by atomic mass is 10.00. The summed E-state index contributed by atoms with van der Waals surface area (Å²) in [5.41, 5.74) is 2.09. The Bertz CT molecular complexity index is 956. The number of rotatable bonds is 5. The Morgan fingerprint density at radius 3 is 2.69 bits per heavy atom. The van der Waals surface area contributed by atoms with Gasteiger partial charge in [-0.15, -0.1) is 0 Å². The van der Waals surface area contributed by atoms with E-state index in [1.165, 1.54) is 12.1 Å². The standard InChI is InChI=1S/C22H26FN5O/c1-22(2)13-25-9-10-28(22)21(29)19-12-26-20(27-19)17(14-3-4-14)11-18(24)15-5-7-16(23)8-6-15/h5-8,11-12,14,24-25H,3-4,9-10,13H2,1-2H3,(H,26,27)/b17-11-,24-18?. The number of imidazole rings is 1. The van der Waals surface area contributed by atoms with Crippen molar-refractivity contribution >= 4 is 17.2 Å². The maximum atomic E-state index is 13.2. The number of H-pyrrole nitrogens is 1.